The summed E-state index contributed by atoms with van der Waals surface area (Å²) in [7, 11) is 0. The van der Waals surface area contributed by atoms with Crippen LogP contribution in [0, 0.1) is 0 Å². The first kappa shape index (κ1) is 12.8. The Labute approximate surface area is 96.0 Å². The molecule has 0 spiro atoms. The highest BCUT2D eigenvalue weighted by atomic mass is 32.2. The molecule has 0 bridgehead atoms. The average molecular weight is 231 g/mol. The van der Waals surface area contributed by atoms with Gasteiger partial charge in [0.25, 0.3) is 0 Å². The number of nitrogens with one attached hydrogen (secondary N) is 1. The molecule has 0 aromatic carbocycles. The van der Waals surface area contributed by atoms with Crippen LogP contribution in [-0.2, 0) is 4.79 Å². The molecule has 0 saturated heterocycles. The van der Waals surface area contributed by atoms with Gasteiger partial charge in [-0.15, -0.1) is 0 Å². The van der Waals surface area contributed by atoms with Crippen LogP contribution in [0.25, 0.3) is 0 Å². The third-order valence-electron chi connectivity index (χ3n) is 2.93. The van der Waals surface area contributed by atoms with E-state index >= 15 is 0 Å². The maximum atomic E-state index is 11.4. The van der Waals surface area contributed by atoms with E-state index in [9.17, 15) is 9.90 Å². The highest BCUT2D eigenvalue weighted by Gasteiger charge is 2.29. The van der Waals surface area contributed by atoms with Gasteiger partial charge < -0.3 is 10.4 Å². The molecule has 1 rings (SSSR count). The summed E-state index contributed by atoms with van der Waals surface area (Å²) < 4.78 is 0. The van der Waals surface area contributed by atoms with Gasteiger partial charge in [0.15, 0.2) is 0 Å². The predicted octanol–water partition coefficient (Wildman–Crippen LogP) is 1.55. The van der Waals surface area contributed by atoms with Gasteiger partial charge in [-0.1, -0.05) is 19.3 Å². The zero-order chi connectivity index (χ0) is 11.1. The molecule has 1 saturated carbocycles. The van der Waals surface area contributed by atoms with Gasteiger partial charge in [-0.3, -0.25) is 4.79 Å². The fraction of sp³-hybridized carbons (Fsp3) is 0.909. The number of carbonyl (C=O) groups is 1. The summed E-state index contributed by atoms with van der Waals surface area (Å²) in [4.78, 5) is 11.4. The van der Waals surface area contributed by atoms with Gasteiger partial charge in [0.1, 0.15) is 0 Å². The number of amides is 1. The van der Waals surface area contributed by atoms with Gasteiger partial charge in [0, 0.05) is 18.7 Å². The van der Waals surface area contributed by atoms with E-state index < -0.39 is 5.60 Å². The van der Waals surface area contributed by atoms with E-state index in [1.54, 1.807) is 11.8 Å². The van der Waals surface area contributed by atoms with Crippen LogP contribution in [0.2, 0.25) is 0 Å². The fourth-order valence-electron chi connectivity index (χ4n) is 1.93. The second-order valence-electron chi connectivity index (χ2n) is 4.30. The van der Waals surface area contributed by atoms with E-state index in [1.807, 2.05) is 6.26 Å². The van der Waals surface area contributed by atoms with Crippen LogP contribution in [0.5, 0.6) is 0 Å². The quantitative estimate of drug-likeness (QED) is 0.755. The number of carbonyl (C=O) groups excluding carboxylic acids is 1. The maximum Gasteiger partial charge on any atom is 0.220 e. The molecule has 1 amide bonds. The van der Waals surface area contributed by atoms with E-state index in [1.165, 1.54) is 6.42 Å². The van der Waals surface area contributed by atoms with Gasteiger partial charge in [-0.05, 0) is 19.1 Å². The first-order chi connectivity index (χ1) is 7.16. The van der Waals surface area contributed by atoms with E-state index in [-0.39, 0.29) is 5.91 Å². The molecule has 0 aromatic rings. The summed E-state index contributed by atoms with van der Waals surface area (Å²) in [5.41, 5.74) is -0.632. The second kappa shape index (κ2) is 6.38. The standard InChI is InChI=1S/C11H21NO2S/c1-15-8-5-10(13)12-9-11(14)6-3-2-4-7-11/h14H,2-9H2,1H3,(H,12,13). The molecular weight excluding hydrogens is 210 g/mol. The van der Waals surface area contributed by atoms with Crippen molar-refractivity contribution in [2.75, 3.05) is 18.6 Å². The molecule has 15 heavy (non-hydrogen) atoms. The Kier molecular flexibility index (Phi) is 5.47. The lowest BCUT2D eigenvalue weighted by Gasteiger charge is -2.32. The van der Waals surface area contributed by atoms with Crippen molar-refractivity contribution >= 4 is 17.7 Å². The van der Waals surface area contributed by atoms with Crippen molar-refractivity contribution in [1.82, 2.24) is 5.32 Å². The first-order valence-electron chi connectivity index (χ1n) is 5.64. The summed E-state index contributed by atoms with van der Waals surface area (Å²) in [6.45, 7) is 0.431. The summed E-state index contributed by atoms with van der Waals surface area (Å²) >= 11 is 1.67. The average Bonchev–Trinajstić information content (AvgIpc) is 2.25. The molecule has 88 valence electrons. The van der Waals surface area contributed by atoms with E-state index in [0.717, 1.165) is 31.4 Å². The predicted molar refractivity (Wildman–Crippen MR) is 64.0 cm³/mol. The SMILES string of the molecule is CSCCC(=O)NCC1(O)CCCCC1. The van der Waals surface area contributed by atoms with Crippen LogP contribution >= 0.6 is 11.8 Å². The summed E-state index contributed by atoms with van der Waals surface area (Å²) in [6, 6.07) is 0. The van der Waals surface area contributed by atoms with Gasteiger partial charge in [-0.2, -0.15) is 11.8 Å². The van der Waals surface area contributed by atoms with Crippen molar-refractivity contribution in [3.05, 3.63) is 0 Å². The molecule has 1 fully saturated rings. The molecule has 0 radical (unpaired) electrons. The number of thioether (sulfide) groups is 1. The van der Waals surface area contributed by atoms with Crippen LogP contribution in [0.4, 0.5) is 0 Å². The van der Waals surface area contributed by atoms with Gasteiger partial charge in [-0.25, -0.2) is 0 Å². The topological polar surface area (TPSA) is 49.3 Å². The molecule has 2 N–H and O–H groups in total. The third-order valence-corrected chi connectivity index (χ3v) is 3.54. The summed E-state index contributed by atoms with van der Waals surface area (Å²) in [5.74, 6) is 0.910. The molecule has 0 aliphatic heterocycles. The lowest BCUT2D eigenvalue weighted by molar-refractivity contribution is -0.122. The Hall–Kier alpha value is -0.220. The van der Waals surface area contributed by atoms with E-state index in [0.29, 0.717) is 13.0 Å². The normalized spacial score (nSPS) is 19.9. The molecule has 0 heterocycles. The van der Waals surface area contributed by atoms with Crippen LogP contribution in [0.3, 0.4) is 0 Å². The number of aliphatic hydroxyl groups is 1. The summed E-state index contributed by atoms with van der Waals surface area (Å²) in [6.07, 6.45) is 7.57. The van der Waals surface area contributed by atoms with Crippen molar-refractivity contribution in [3.63, 3.8) is 0 Å². The van der Waals surface area contributed by atoms with Crippen molar-refractivity contribution < 1.29 is 9.90 Å². The largest absolute Gasteiger partial charge is 0.388 e. The molecule has 1 aliphatic rings. The van der Waals surface area contributed by atoms with E-state index in [4.69, 9.17) is 0 Å². The van der Waals surface area contributed by atoms with Gasteiger partial charge in [0.2, 0.25) is 5.91 Å². The second-order valence-corrected chi connectivity index (χ2v) is 5.29. The third kappa shape index (κ3) is 4.89. The molecule has 0 atom stereocenters. The summed E-state index contributed by atoms with van der Waals surface area (Å²) in [5, 5.41) is 13.0. The monoisotopic (exact) mass is 231 g/mol. The van der Waals surface area contributed by atoms with Crippen molar-refractivity contribution in [2.45, 2.75) is 44.1 Å². The zero-order valence-electron chi connectivity index (χ0n) is 9.42. The maximum absolute atomic E-state index is 11.4. The van der Waals surface area contributed by atoms with Crippen molar-refractivity contribution in [2.24, 2.45) is 0 Å². The Morgan fingerprint density at radius 3 is 2.67 bits per heavy atom. The highest BCUT2D eigenvalue weighted by molar-refractivity contribution is 7.98. The van der Waals surface area contributed by atoms with E-state index in [2.05, 4.69) is 5.32 Å². The minimum absolute atomic E-state index is 0.0587. The van der Waals surface area contributed by atoms with Gasteiger partial charge >= 0.3 is 0 Å². The number of rotatable bonds is 5. The molecule has 0 unspecified atom stereocenters. The Morgan fingerprint density at radius 2 is 2.07 bits per heavy atom. The smallest absolute Gasteiger partial charge is 0.220 e. The Morgan fingerprint density at radius 1 is 1.40 bits per heavy atom. The van der Waals surface area contributed by atoms with Crippen LogP contribution in [0.15, 0.2) is 0 Å². The van der Waals surface area contributed by atoms with Crippen LogP contribution in [0.1, 0.15) is 38.5 Å². The minimum atomic E-state index is -0.632. The Bertz CT molecular complexity index is 203. The minimum Gasteiger partial charge on any atom is -0.388 e. The fourth-order valence-corrected chi connectivity index (χ4v) is 2.32. The highest BCUT2D eigenvalue weighted by Crippen LogP contribution is 2.27. The van der Waals surface area contributed by atoms with Crippen molar-refractivity contribution in [3.8, 4) is 0 Å². The number of hydrogen-bond donors (Lipinski definition) is 2. The zero-order valence-corrected chi connectivity index (χ0v) is 10.2. The molecule has 0 aromatic heterocycles. The molecule has 3 nitrogen and oxygen atoms in total. The van der Waals surface area contributed by atoms with Gasteiger partial charge in [0.05, 0.1) is 5.60 Å². The van der Waals surface area contributed by atoms with Crippen LogP contribution < -0.4 is 5.32 Å². The Balaban J connectivity index is 2.19. The first-order valence-corrected chi connectivity index (χ1v) is 7.04. The lowest BCUT2D eigenvalue weighted by Crippen LogP contribution is -2.44. The van der Waals surface area contributed by atoms with Crippen molar-refractivity contribution in [1.29, 1.82) is 0 Å². The lowest BCUT2D eigenvalue weighted by atomic mass is 9.85. The molecular formula is C11H21NO2S. The molecule has 4 heteroatoms. The number of hydrogen-bond acceptors (Lipinski definition) is 3. The van der Waals surface area contributed by atoms with Crippen LogP contribution in [-0.4, -0.2) is 35.2 Å². The molecule has 1 aliphatic carbocycles.